The SMILES string of the molecule is COCCCNC(=O)CCN1C(=O)CCC1=O. The Hall–Kier alpha value is -1.43. The third kappa shape index (κ3) is 4.52. The number of imide groups is 1. The summed E-state index contributed by atoms with van der Waals surface area (Å²) in [6.07, 6.45) is 1.47. The van der Waals surface area contributed by atoms with Crippen LogP contribution in [0.15, 0.2) is 0 Å². The Balaban J connectivity index is 2.15. The van der Waals surface area contributed by atoms with Crippen LogP contribution in [0, 0.1) is 0 Å². The van der Waals surface area contributed by atoms with Gasteiger partial charge in [0.1, 0.15) is 0 Å². The highest BCUT2D eigenvalue weighted by atomic mass is 16.5. The average Bonchev–Trinajstić information content (AvgIpc) is 2.62. The van der Waals surface area contributed by atoms with Gasteiger partial charge in [-0.1, -0.05) is 0 Å². The van der Waals surface area contributed by atoms with Crippen molar-refractivity contribution in [2.24, 2.45) is 0 Å². The first-order valence-corrected chi connectivity index (χ1v) is 5.74. The van der Waals surface area contributed by atoms with Gasteiger partial charge in [0.05, 0.1) is 0 Å². The fourth-order valence-corrected chi connectivity index (χ4v) is 1.62. The van der Waals surface area contributed by atoms with Crippen molar-refractivity contribution in [3.8, 4) is 0 Å². The maximum atomic E-state index is 11.4. The minimum Gasteiger partial charge on any atom is -0.385 e. The molecule has 0 atom stereocenters. The molecule has 6 heteroatoms. The molecule has 1 N–H and O–H groups in total. The Bertz CT molecular complexity index is 288. The molecule has 0 aromatic heterocycles. The van der Waals surface area contributed by atoms with Crippen molar-refractivity contribution in [3.63, 3.8) is 0 Å². The highest BCUT2D eigenvalue weighted by Crippen LogP contribution is 2.11. The standard InChI is InChI=1S/C11H18N2O4/c1-17-8-2-6-12-9(14)5-7-13-10(15)3-4-11(13)16/h2-8H2,1H3,(H,12,14). The topological polar surface area (TPSA) is 75.7 Å². The van der Waals surface area contributed by atoms with Crippen LogP contribution in [0.5, 0.6) is 0 Å². The van der Waals surface area contributed by atoms with Gasteiger partial charge < -0.3 is 10.1 Å². The fraction of sp³-hybridized carbons (Fsp3) is 0.727. The Labute approximate surface area is 100 Å². The number of ether oxygens (including phenoxy) is 1. The van der Waals surface area contributed by atoms with E-state index in [1.165, 1.54) is 0 Å². The van der Waals surface area contributed by atoms with Gasteiger partial charge in [-0.25, -0.2) is 0 Å². The molecule has 17 heavy (non-hydrogen) atoms. The predicted octanol–water partition coefficient (Wildman–Crippen LogP) is -0.322. The second-order valence-electron chi connectivity index (χ2n) is 3.89. The lowest BCUT2D eigenvalue weighted by atomic mass is 10.3. The summed E-state index contributed by atoms with van der Waals surface area (Å²) in [5, 5.41) is 2.70. The molecule has 0 bridgehead atoms. The Morgan fingerprint density at radius 3 is 2.59 bits per heavy atom. The minimum atomic E-state index is -0.179. The molecule has 1 aliphatic heterocycles. The number of likely N-dealkylation sites (tertiary alicyclic amines) is 1. The fourth-order valence-electron chi connectivity index (χ4n) is 1.62. The van der Waals surface area contributed by atoms with Crippen molar-refractivity contribution in [2.75, 3.05) is 26.8 Å². The summed E-state index contributed by atoms with van der Waals surface area (Å²) in [5.74, 6) is -0.502. The van der Waals surface area contributed by atoms with Crippen molar-refractivity contribution >= 4 is 17.7 Å². The van der Waals surface area contributed by atoms with E-state index in [9.17, 15) is 14.4 Å². The van der Waals surface area contributed by atoms with Crippen LogP contribution in [0.2, 0.25) is 0 Å². The van der Waals surface area contributed by atoms with Gasteiger partial charge in [-0.2, -0.15) is 0 Å². The van der Waals surface area contributed by atoms with E-state index in [1.807, 2.05) is 0 Å². The molecule has 96 valence electrons. The van der Waals surface area contributed by atoms with E-state index in [0.29, 0.717) is 13.2 Å². The first-order valence-electron chi connectivity index (χ1n) is 5.74. The van der Waals surface area contributed by atoms with Crippen LogP contribution in [0.1, 0.15) is 25.7 Å². The number of nitrogens with zero attached hydrogens (tertiary/aromatic N) is 1. The molecule has 0 aromatic carbocycles. The lowest BCUT2D eigenvalue weighted by molar-refractivity contribution is -0.138. The van der Waals surface area contributed by atoms with E-state index in [0.717, 1.165) is 11.3 Å². The maximum Gasteiger partial charge on any atom is 0.229 e. The molecule has 0 unspecified atom stereocenters. The van der Waals surface area contributed by atoms with E-state index < -0.39 is 0 Å². The summed E-state index contributed by atoms with van der Waals surface area (Å²) >= 11 is 0. The summed E-state index contributed by atoms with van der Waals surface area (Å²) in [6, 6.07) is 0. The molecule has 0 spiro atoms. The third-order valence-electron chi connectivity index (χ3n) is 2.56. The van der Waals surface area contributed by atoms with Gasteiger partial charge in [-0.3, -0.25) is 19.3 Å². The number of hydrogen-bond acceptors (Lipinski definition) is 4. The molecule has 0 saturated carbocycles. The van der Waals surface area contributed by atoms with E-state index in [4.69, 9.17) is 4.74 Å². The normalized spacial score (nSPS) is 15.5. The monoisotopic (exact) mass is 242 g/mol. The second kappa shape index (κ2) is 7.01. The molecule has 0 aliphatic carbocycles. The second-order valence-corrected chi connectivity index (χ2v) is 3.89. The molecule has 1 fully saturated rings. The smallest absolute Gasteiger partial charge is 0.229 e. The molecule has 0 aromatic rings. The zero-order valence-corrected chi connectivity index (χ0v) is 10.0. The molecule has 0 radical (unpaired) electrons. The van der Waals surface area contributed by atoms with E-state index >= 15 is 0 Å². The van der Waals surface area contributed by atoms with E-state index in [1.54, 1.807) is 7.11 Å². The summed E-state index contributed by atoms with van der Waals surface area (Å²) in [6.45, 7) is 1.34. The Morgan fingerprint density at radius 2 is 2.00 bits per heavy atom. The molecule has 3 amide bonds. The molecule has 1 heterocycles. The van der Waals surface area contributed by atoms with Crippen molar-refractivity contribution < 1.29 is 19.1 Å². The van der Waals surface area contributed by atoms with Gasteiger partial charge in [-0.05, 0) is 6.42 Å². The van der Waals surface area contributed by atoms with E-state index in [-0.39, 0.29) is 43.5 Å². The van der Waals surface area contributed by atoms with Gasteiger partial charge >= 0.3 is 0 Å². The van der Waals surface area contributed by atoms with Gasteiger partial charge in [0.2, 0.25) is 17.7 Å². The summed E-state index contributed by atoms with van der Waals surface area (Å²) < 4.78 is 4.84. The van der Waals surface area contributed by atoms with E-state index in [2.05, 4.69) is 5.32 Å². The number of amides is 3. The highest BCUT2D eigenvalue weighted by molar-refractivity contribution is 6.02. The largest absolute Gasteiger partial charge is 0.385 e. The number of hydrogen-bond donors (Lipinski definition) is 1. The van der Waals surface area contributed by atoms with Crippen LogP contribution in [-0.4, -0.2) is 49.4 Å². The van der Waals surface area contributed by atoms with Crippen molar-refractivity contribution in [3.05, 3.63) is 0 Å². The lowest BCUT2D eigenvalue weighted by Gasteiger charge is -2.13. The minimum absolute atomic E-state index is 0.145. The van der Waals surface area contributed by atoms with Crippen LogP contribution in [0.3, 0.4) is 0 Å². The zero-order valence-electron chi connectivity index (χ0n) is 10.0. The Kier molecular flexibility index (Phi) is 5.62. The van der Waals surface area contributed by atoms with Crippen LogP contribution in [-0.2, 0) is 19.1 Å². The summed E-state index contributed by atoms with van der Waals surface area (Å²) in [7, 11) is 1.60. The molecule has 1 saturated heterocycles. The van der Waals surface area contributed by atoms with Crippen molar-refractivity contribution in [1.29, 1.82) is 0 Å². The first kappa shape index (κ1) is 13.6. The first-order chi connectivity index (χ1) is 8.15. The van der Waals surface area contributed by atoms with Crippen molar-refractivity contribution in [1.82, 2.24) is 10.2 Å². The number of carbonyl (C=O) groups is 3. The number of carbonyl (C=O) groups excluding carboxylic acids is 3. The van der Waals surface area contributed by atoms with Crippen LogP contribution in [0.25, 0.3) is 0 Å². The summed E-state index contributed by atoms with van der Waals surface area (Å²) in [5.41, 5.74) is 0. The quantitative estimate of drug-likeness (QED) is 0.490. The van der Waals surface area contributed by atoms with Gasteiger partial charge in [0.25, 0.3) is 0 Å². The molecule has 1 rings (SSSR count). The molecule has 6 nitrogen and oxygen atoms in total. The zero-order chi connectivity index (χ0) is 12.7. The predicted molar refractivity (Wildman–Crippen MR) is 60.1 cm³/mol. The maximum absolute atomic E-state index is 11.4. The molecule has 1 aliphatic rings. The number of nitrogens with one attached hydrogen (secondary N) is 1. The third-order valence-corrected chi connectivity index (χ3v) is 2.56. The van der Waals surface area contributed by atoms with Crippen LogP contribution >= 0.6 is 0 Å². The average molecular weight is 242 g/mol. The molecular weight excluding hydrogens is 224 g/mol. The summed E-state index contributed by atoms with van der Waals surface area (Å²) in [4.78, 5) is 35.0. The van der Waals surface area contributed by atoms with Crippen LogP contribution in [0.4, 0.5) is 0 Å². The number of methoxy groups -OCH3 is 1. The van der Waals surface area contributed by atoms with Gasteiger partial charge in [0, 0.05) is 46.1 Å². The van der Waals surface area contributed by atoms with Gasteiger partial charge in [0.15, 0.2) is 0 Å². The van der Waals surface area contributed by atoms with Crippen molar-refractivity contribution in [2.45, 2.75) is 25.7 Å². The lowest BCUT2D eigenvalue weighted by Crippen LogP contribution is -2.34. The Morgan fingerprint density at radius 1 is 1.35 bits per heavy atom. The van der Waals surface area contributed by atoms with Crippen LogP contribution < -0.4 is 5.32 Å². The highest BCUT2D eigenvalue weighted by Gasteiger charge is 2.28. The number of rotatable bonds is 7. The molecular formula is C11H18N2O4. The van der Waals surface area contributed by atoms with Gasteiger partial charge in [-0.15, -0.1) is 0 Å².